The third-order valence-electron chi connectivity index (χ3n) is 16.4. The molecule has 8 N–H and O–H groups in total. The molecule has 11 nitrogen and oxygen atoms in total. The summed E-state index contributed by atoms with van der Waals surface area (Å²) >= 11 is 0. The van der Waals surface area contributed by atoms with E-state index in [4.69, 9.17) is 9.47 Å². The zero-order chi connectivity index (χ0) is 57.5. The number of aliphatic hydroxyl groups excluding tert-OH is 7. The van der Waals surface area contributed by atoms with Gasteiger partial charge in [-0.3, -0.25) is 4.79 Å². The van der Waals surface area contributed by atoms with Crippen LogP contribution in [-0.4, -0.2) is 110 Å². The number of rotatable bonds is 59. The molecular formula is C68H129NO10. The van der Waals surface area contributed by atoms with E-state index in [2.05, 4.69) is 55.6 Å². The zero-order valence-corrected chi connectivity index (χ0v) is 51.4. The second-order valence-corrected chi connectivity index (χ2v) is 23.9. The number of nitrogens with one attached hydrogen (secondary N) is 1. The Balaban J connectivity index is 2.22. The van der Waals surface area contributed by atoms with Gasteiger partial charge in [0.15, 0.2) is 6.29 Å². The minimum atomic E-state index is -1.67. The summed E-state index contributed by atoms with van der Waals surface area (Å²) in [5.74, 6) is -0.706. The van der Waals surface area contributed by atoms with Gasteiger partial charge in [-0.2, -0.15) is 0 Å². The molecule has 79 heavy (non-hydrogen) atoms. The predicted molar refractivity (Wildman–Crippen MR) is 330 cm³/mol. The molecule has 0 radical (unpaired) electrons. The summed E-state index contributed by atoms with van der Waals surface area (Å²) in [6.45, 7) is 3.48. The summed E-state index contributed by atoms with van der Waals surface area (Å²) in [6.07, 6.45) is 60.8. The van der Waals surface area contributed by atoms with Gasteiger partial charge in [-0.25, -0.2) is 0 Å². The van der Waals surface area contributed by atoms with Gasteiger partial charge in [0.05, 0.1) is 25.4 Å². The number of aliphatic hydroxyl groups is 7. The van der Waals surface area contributed by atoms with Gasteiger partial charge >= 0.3 is 0 Å². The highest BCUT2D eigenvalue weighted by Crippen LogP contribution is 2.24. The fourth-order valence-electron chi connectivity index (χ4n) is 10.9. The summed E-state index contributed by atoms with van der Waals surface area (Å²) in [5.41, 5.74) is 0. The van der Waals surface area contributed by atoms with Crippen molar-refractivity contribution in [2.45, 2.75) is 377 Å². The summed E-state index contributed by atoms with van der Waals surface area (Å²) < 4.78 is 11.2. The molecule has 0 aromatic rings. The maximum absolute atomic E-state index is 13.2. The first kappa shape index (κ1) is 75.3. The topological polar surface area (TPSA) is 189 Å². The highest BCUT2D eigenvalue weighted by Gasteiger charge is 2.44. The predicted octanol–water partition coefficient (Wildman–Crippen LogP) is 15.8. The number of carbonyl (C=O) groups is 1. The fraction of sp³-hybridized carbons (Fsp3) is 0.897. The lowest BCUT2D eigenvalue weighted by Crippen LogP contribution is -2.60. The average Bonchev–Trinajstić information content (AvgIpc) is 3.46. The number of carbonyl (C=O) groups excluding carboxylic acids is 1. The Morgan fingerprint density at radius 1 is 0.430 bits per heavy atom. The van der Waals surface area contributed by atoms with Crippen molar-refractivity contribution in [1.29, 1.82) is 0 Å². The van der Waals surface area contributed by atoms with E-state index in [1.807, 2.05) is 0 Å². The SMILES string of the molecule is CCCCCCCCCCCCCC/C=C\CCCCCCCCCCCCCCCCCC(O)C(=O)NC(COC1OC(CO)C(O)C(O)C1O)C(O)C(O)CCC/C=C/CC/C=C/CCCCCCCCCCCCCC. The lowest BCUT2D eigenvalue weighted by Gasteiger charge is -2.40. The van der Waals surface area contributed by atoms with Crippen molar-refractivity contribution in [2.75, 3.05) is 13.2 Å². The van der Waals surface area contributed by atoms with Crippen molar-refractivity contribution in [3.05, 3.63) is 36.5 Å². The Bertz CT molecular complexity index is 1380. The van der Waals surface area contributed by atoms with Crippen LogP contribution in [0.25, 0.3) is 0 Å². The van der Waals surface area contributed by atoms with Crippen molar-refractivity contribution >= 4 is 5.91 Å². The van der Waals surface area contributed by atoms with E-state index in [0.717, 1.165) is 38.5 Å². The van der Waals surface area contributed by atoms with E-state index in [0.29, 0.717) is 19.3 Å². The van der Waals surface area contributed by atoms with Crippen molar-refractivity contribution in [3.8, 4) is 0 Å². The van der Waals surface area contributed by atoms with E-state index in [9.17, 15) is 40.5 Å². The molecule has 0 aromatic carbocycles. The molecule has 0 bridgehead atoms. The van der Waals surface area contributed by atoms with Crippen molar-refractivity contribution in [3.63, 3.8) is 0 Å². The molecule has 1 aliphatic rings. The summed E-state index contributed by atoms with van der Waals surface area (Å²) in [5, 5.41) is 76.4. The largest absolute Gasteiger partial charge is 0.394 e. The summed E-state index contributed by atoms with van der Waals surface area (Å²) in [6, 6.07) is -1.19. The van der Waals surface area contributed by atoms with Crippen LogP contribution in [0.5, 0.6) is 0 Å². The molecule has 9 unspecified atom stereocenters. The molecule has 0 aromatic heterocycles. The van der Waals surface area contributed by atoms with Crippen LogP contribution >= 0.6 is 0 Å². The van der Waals surface area contributed by atoms with E-state index < -0.39 is 74.2 Å². The Morgan fingerprint density at radius 3 is 1.13 bits per heavy atom. The number of hydrogen-bond acceptors (Lipinski definition) is 10. The minimum absolute atomic E-state index is 0.248. The van der Waals surface area contributed by atoms with Crippen LogP contribution < -0.4 is 5.32 Å². The Morgan fingerprint density at radius 2 is 0.759 bits per heavy atom. The zero-order valence-electron chi connectivity index (χ0n) is 51.4. The van der Waals surface area contributed by atoms with Gasteiger partial charge < -0.3 is 50.5 Å². The van der Waals surface area contributed by atoms with Crippen LogP contribution in [0.2, 0.25) is 0 Å². The third-order valence-corrected chi connectivity index (χ3v) is 16.4. The van der Waals surface area contributed by atoms with Crippen molar-refractivity contribution in [1.82, 2.24) is 5.32 Å². The maximum Gasteiger partial charge on any atom is 0.249 e. The quantitative estimate of drug-likeness (QED) is 0.0215. The third kappa shape index (κ3) is 44.5. The lowest BCUT2D eigenvalue weighted by molar-refractivity contribution is -0.303. The number of ether oxygens (including phenoxy) is 2. The number of hydrogen-bond donors (Lipinski definition) is 8. The molecule has 0 saturated carbocycles. The Kier molecular flexibility index (Phi) is 54.2. The minimum Gasteiger partial charge on any atom is -0.394 e. The van der Waals surface area contributed by atoms with Gasteiger partial charge in [0.2, 0.25) is 5.91 Å². The van der Waals surface area contributed by atoms with Crippen LogP contribution in [-0.2, 0) is 14.3 Å². The van der Waals surface area contributed by atoms with Crippen LogP contribution in [0.1, 0.15) is 322 Å². The van der Waals surface area contributed by atoms with Crippen molar-refractivity contribution in [2.24, 2.45) is 0 Å². The van der Waals surface area contributed by atoms with Crippen LogP contribution in [0.4, 0.5) is 0 Å². The molecule has 1 aliphatic heterocycles. The van der Waals surface area contributed by atoms with Gasteiger partial charge in [0.25, 0.3) is 0 Å². The monoisotopic (exact) mass is 1120 g/mol. The molecule has 466 valence electrons. The standard InChI is InChI=1S/C68H129NO10/c1-3-5-7-9-11-13-15-17-19-21-23-25-26-27-28-29-30-31-32-33-34-36-38-40-42-44-46-48-50-52-54-56-61(72)67(77)69-59(58-78-68-66(76)65(75)64(74)62(57-70)79-68)63(73)60(71)55-53-51-49-47-45-43-41-39-37-35-24-22-20-18-16-14-12-10-8-6-4-2/h27-28,39,41,47,49,59-66,68,70-76H,3-26,29-38,40,42-46,48,50-58H2,1-2H3,(H,69,77)/b28-27-,41-39+,49-47+. The van der Waals surface area contributed by atoms with E-state index in [1.54, 1.807) is 0 Å². The van der Waals surface area contributed by atoms with E-state index >= 15 is 0 Å². The maximum atomic E-state index is 13.2. The van der Waals surface area contributed by atoms with Crippen molar-refractivity contribution < 1.29 is 50.0 Å². The first-order valence-corrected chi connectivity index (χ1v) is 33.9. The van der Waals surface area contributed by atoms with E-state index in [-0.39, 0.29) is 12.8 Å². The number of allylic oxidation sites excluding steroid dienone is 6. The highest BCUT2D eigenvalue weighted by atomic mass is 16.7. The van der Waals surface area contributed by atoms with Crippen LogP contribution in [0.15, 0.2) is 36.5 Å². The van der Waals surface area contributed by atoms with Crippen LogP contribution in [0.3, 0.4) is 0 Å². The molecule has 1 saturated heterocycles. The molecule has 0 aliphatic carbocycles. The van der Waals surface area contributed by atoms with Crippen LogP contribution in [0, 0.1) is 0 Å². The normalized spacial score (nSPS) is 19.5. The van der Waals surface area contributed by atoms with Gasteiger partial charge in [0.1, 0.15) is 36.6 Å². The number of amides is 1. The Labute approximate surface area is 486 Å². The highest BCUT2D eigenvalue weighted by molar-refractivity contribution is 5.80. The smallest absolute Gasteiger partial charge is 0.249 e. The molecule has 1 rings (SSSR count). The van der Waals surface area contributed by atoms with Gasteiger partial charge in [-0.15, -0.1) is 0 Å². The second-order valence-electron chi connectivity index (χ2n) is 23.9. The summed E-state index contributed by atoms with van der Waals surface area (Å²) in [4.78, 5) is 13.2. The molecule has 1 heterocycles. The average molecular weight is 1120 g/mol. The van der Waals surface area contributed by atoms with Gasteiger partial charge in [0, 0.05) is 0 Å². The first-order chi connectivity index (χ1) is 38.7. The molecule has 9 atom stereocenters. The molecule has 0 spiro atoms. The molecule has 11 heteroatoms. The molecular weight excluding hydrogens is 991 g/mol. The van der Waals surface area contributed by atoms with Gasteiger partial charge in [-0.1, -0.05) is 281 Å². The first-order valence-electron chi connectivity index (χ1n) is 33.9. The van der Waals surface area contributed by atoms with Gasteiger partial charge in [-0.05, 0) is 77.0 Å². The lowest BCUT2D eigenvalue weighted by atomic mass is 9.98. The number of unbranched alkanes of at least 4 members (excludes halogenated alkanes) is 41. The second kappa shape index (κ2) is 56.8. The fourth-order valence-corrected chi connectivity index (χ4v) is 10.9. The molecule has 1 fully saturated rings. The summed E-state index contributed by atoms with van der Waals surface area (Å²) in [7, 11) is 0. The van der Waals surface area contributed by atoms with E-state index in [1.165, 1.54) is 238 Å². The molecule has 1 amide bonds. The Hall–Kier alpha value is -1.67.